The van der Waals surface area contributed by atoms with Gasteiger partial charge in [-0.15, -0.1) is 0 Å². The highest BCUT2D eigenvalue weighted by atomic mass is 19.1. The Morgan fingerprint density at radius 3 is 1.69 bits per heavy atom. The van der Waals surface area contributed by atoms with Gasteiger partial charge in [0.25, 0.3) is 11.1 Å². The third-order valence-corrected chi connectivity index (χ3v) is 14.5. The van der Waals surface area contributed by atoms with E-state index in [-0.39, 0.29) is 45.5 Å². The van der Waals surface area contributed by atoms with E-state index < -0.39 is 29.5 Å². The lowest BCUT2D eigenvalue weighted by molar-refractivity contribution is 0.288. The number of nitrogen functional groups attached to an aromatic ring is 2. The van der Waals surface area contributed by atoms with E-state index in [9.17, 15) is 22.8 Å². The van der Waals surface area contributed by atoms with Crippen LogP contribution in [0.4, 0.5) is 24.8 Å². The van der Waals surface area contributed by atoms with Crippen molar-refractivity contribution < 1.29 is 22.6 Å². The summed E-state index contributed by atoms with van der Waals surface area (Å²) in [6, 6.07) is 17.7. The molecular weight excluding hydrogens is 966 g/mol. The van der Waals surface area contributed by atoms with Crippen LogP contribution in [0.2, 0.25) is 0 Å². The molecule has 2 unspecified atom stereocenters. The fourth-order valence-electron chi connectivity index (χ4n) is 10.5. The zero-order chi connectivity index (χ0) is 52.4. The maximum absolute atomic E-state index is 14.7. The van der Waals surface area contributed by atoms with Crippen LogP contribution in [0.5, 0.6) is 11.5 Å². The van der Waals surface area contributed by atoms with Gasteiger partial charge in [-0.1, -0.05) is 18.9 Å². The molecule has 2 fully saturated rings. The first-order valence-corrected chi connectivity index (χ1v) is 24.6. The van der Waals surface area contributed by atoms with Crippen LogP contribution in [-0.2, 0) is 0 Å². The monoisotopic (exact) mass is 1020 g/mol. The second kappa shape index (κ2) is 19.3. The molecule has 2 atom stereocenters. The number of ether oxygens (including phenoxy) is 2. The van der Waals surface area contributed by atoms with Crippen molar-refractivity contribution in [2.24, 2.45) is 0 Å². The third kappa shape index (κ3) is 8.31. The topological polar surface area (TPSA) is 227 Å². The van der Waals surface area contributed by atoms with Gasteiger partial charge in [0, 0.05) is 23.2 Å². The largest absolute Gasteiger partial charge is 0.496 e. The first-order valence-electron chi connectivity index (χ1n) is 24.6. The highest BCUT2D eigenvalue weighted by molar-refractivity contribution is 5.99. The summed E-state index contributed by atoms with van der Waals surface area (Å²) >= 11 is 0. The van der Waals surface area contributed by atoms with Gasteiger partial charge in [-0.25, -0.2) is 52.4 Å². The predicted molar refractivity (Wildman–Crippen MR) is 278 cm³/mol. The second-order valence-electron chi connectivity index (χ2n) is 19.0. The number of fused-ring (bicyclic) bond motifs is 4. The number of aromatic nitrogens is 12. The van der Waals surface area contributed by atoms with Crippen LogP contribution in [0.3, 0.4) is 0 Å². The molecule has 6 heterocycles. The highest BCUT2D eigenvalue weighted by Crippen LogP contribution is 2.39. The molecule has 382 valence electrons. The Morgan fingerprint density at radius 1 is 0.600 bits per heavy atom. The maximum Gasteiger partial charge on any atom is 0.264 e. The standard InChI is InChI=1S/C27H25F2N7O2.C27H26FN7O2/c1-14(25-33-20-9-8-16(28)12-18(20)27(37)35(25)17-5-3-4-6-17)36-26-22(24(30)31-13-32-26)23(34-36)15-7-10-21(38-2)19(29)11-15;1-14-12-16(10-11-20(14)37-3)23-22-24(29)30-13-31-26(22)35(33-23)15(2)25-32-19-9-5-8-18(28)21(19)27(36)34(25)17-6-4-7-17/h7-14,17H,3-6H2,1-2H3,(H2,30,31,32);5,8-13,15,17H,4,6-7H2,1-3H3,(H2,29,30,31). The van der Waals surface area contributed by atoms with Crippen molar-refractivity contribution in [3.8, 4) is 34.0 Å². The van der Waals surface area contributed by atoms with Crippen molar-refractivity contribution in [1.82, 2.24) is 58.6 Å². The Hall–Kier alpha value is -8.75. The van der Waals surface area contributed by atoms with Gasteiger partial charge < -0.3 is 20.9 Å². The van der Waals surface area contributed by atoms with Crippen molar-refractivity contribution in [2.75, 3.05) is 25.7 Å². The number of hydrogen-bond donors (Lipinski definition) is 2. The zero-order valence-electron chi connectivity index (χ0n) is 41.6. The molecule has 75 heavy (non-hydrogen) atoms. The van der Waals surface area contributed by atoms with Gasteiger partial charge in [-0.05, 0) is 125 Å². The summed E-state index contributed by atoms with van der Waals surface area (Å²) < 4.78 is 60.5. The molecule has 10 aromatic rings. The van der Waals surface area contributed by atoms with Gasteiger partial charge >= 0.3 is 0 Å². The summed E-state index contributed by atoms with van der Waals surface area (Å²) in [5.41, 5.74) is 16.8. The first kappa shape index (κ1) is 48.5. The van der Waals surface area contributed by atoms with Crippen LogP contribution in [-0.4, -0.2) is 72.8 Å². The molecular formula is C54H51F3N14O4. The molecule has 4 aromatic carbocycles. The van der Waals surface area contributed by atoms with Gasteiger partial charge in [0.05, 0.1) is 41.4 Å². The first-order chi connectivity index (χ1) is 36.3. The molecule has 0 aliphatic heterocycles. The molecule has 12 rings (SSSR count). The number of rotatable bonds is 10. The van der Waals surface area contributed by atoms with Crippen molar-refractivity contribution >= 4 is 55.5 Å². The van der Waals surface area contributed by atoms with E-state index in [1.165, 1.54) is 56.2 Å². The summed E-state index contributed by atoms with van der Waals surface area (Å²) in [5.74, 6) is 0.749. The molecule has 4 N–H and O–H groups in total. The molecule has 0 saturated heterocycles. The molecule has 2 aliphatic carbocycles. The molecule has 0 radical (unpaired) electrons. The number of anilines is 2. The summed E-state index contributed by atoms with van der Waals surface area (Å²) in [6.07, 6.45) is 9.06. The quantitative estimate of drug-likeness (QED) is 0.130. The average Bonchev–Trinajstić information content (AvgIpc) is 4.17. The lowest BCUT2D eigenvalue weighted by Crippen LogP contribution is -2.35. The van der Waals surface area contributed by atoms with E-state index in [1.807, 2.05) is 39.0 Å². The smallest absolute Gasteiger partial charge is 0.264 e. The number of benzene rings is 4. The fourth-order valence-corrected chi connectivity index (χ4v) is 10.5. The number of nitrogens with zero attached hydrogens (tertiary/aromatic N) is 12. The van der Waals surface area contributed by atoms with Gasteiger partial charge in [0.15, 0.2) is 22.9 Å². The van der Waals surface area contributed by atoms with Crippen LogP contribution in [0.15, 0.2) is 95.0 Å². The summed E-state index contributed by atoms with van der Waals surface area (Å²) in [5, 5.41) is 11.0. The number of aryl methyl sites for hydroxylation is 1. The van der Waals surface area contributed by atoms with Crippen LogP contribution in [0, 0.1) is 24.4 Å². The lowest BCUT2D eigenvalue weighted by atomic mass is 9.92. The molecule has 2 saturated carbocycles. The number of halogens is 3. The van der Waals surface area contributed by atoms with E-state index in [0.29, 0.717) is 67.5 Å². The number of nitrogens with two attached hydrogens (primary N) is 2. The van der Waals surface area contributed by atoms with Crippen molar-refractivity contribution in [1.29, 1.82) is 0 Å². The van der Waals surface area contributed by atoms with Crippen LogP contribution in [0.25, 0.3) is 66.4 Å². The Bertz CT molecular complexity index is 4010. The van der Waals surface area contributed by atoms with Gasteiger partial charge in [-0.2, -0.15) is 10.2 Å². The fraction of sp³-hybridized carbons (Fsp3) is 0.296. The molecule has 0 bridgehead atoms. The van der Waals surface area contributed by atoms with Crippen molar-refractivity contribution in [3.05, 3.63) is 141 Å². The zero-order valence-corrected chi connectivity index (χ0v) is 41.6. The molecule has 18 nitrogen and oxygen atoms in total. The second-order valence-corrected chi connectivity index (χ2v) is 19.0. The SMILES string of the molecule is COc1ccc(-c2nn(C(C)c3nc4ccc(F)cc4c(=O)n3C3CCCC3)c3ncnc(N)c23)cc1F.COc1ccc(-c2nn(C(C)c3nc4cccc(F)c4c(=O)n3C3CCC3)c3ncnc(N)c23)cc1C. The number of hydrogen-bond acceptors (Lipinski definition) is 14. The van der Waals surface area contributed by atoms with E-state index in [1.54, 1.807) is 43.8 Å². The van der Waals surface area contributed by atoms with Gasteiger partial charge in [0.1, 0.15) is 82.2 Å². The van der Waals surface area contributed by atoms with E-state index >= 15 is 0 Å². The van der Waals surface area contributed by atoms with Crippen LogP contribution >= 0.6 is 0 Å². The van der Waals surface area contributed by atoms with Crippen LogP contribution in [0.1, 0.15) is 100 Å². The Kier molecular flexibility index (Phi) is 12.5. The predicted octanol–water partition coefficient (Wildman–Crippen LogP) is 9.37. The Labute approximate surface area is 425 Å². The van der Waals surface area contributed by atoms with Crippen LogP contribution < -0.4 is 32.1 Å². The van der Waals surface area contributed by atoms with Crippen molar-refractivity contribution in [2.45, 2.75) is 89.9 Å². The highest BCUT2D eigenvalue weighted by Gasteiger charge is 2.32. The Balaban J connectivity index is 0.000000161. The van der Waals surface area contributed by atoms with E-state index in [2.05, 4.69) is 19.9 Å². The summed E-state index contributed by atoms with van der Waals surface area (Å²) in [6.45, 7) is 5.74. The Morgan fingerprint density at radius 2 is 1.15 bits per heavy atom. The molecule has 0 spiro atoms. The molecule has 2 aliphatic rings. The average molecular weight is 1020 g/mol. The minimum absolute atomic E-state index is 0.0108. The molecule has 6 aromatic heterocycles. The third-order valence-electron chi connectivity index (χ3n) is 14.5. The molecule has 0 amide bonds. The van der Waals surface area contributed by atoms with E-state index in [0.717, 1.165) is 61.8 Å². The van der Waals surface area contributed by atoms with Gasteiger partial charge in [-0.3, -0.25) is 18.7 Å². The maximum atomic E-state index is 14.7. The normalized spacial score (nSPS) is 14.8. The van der Waals surface area contributed by atoms with Crippen molar-refractivity contribution in [3.63, 3.8) is 0 Å². The summed E-state index contributed by atoms with van der Waals surface area (Å²) in [4.78, 5) is 54.2. The van der Waals surface area contributed by atoms with E-state index in [4.69, 9.17) is 41.1 Å². The minimum Gasteiger partial charge on any atom is -0.496 e. The van der Waals surface area contributed by atoms with Gasteiger partial charge in [0.2, 0.25) is 0 Å². The lowest BCUT2D eigenvalue weighted by Gasteiger charge is -2.31. The molecule has 21 heteroatoms. The minimum atomic E-state index is -0.565. The number of methoxy groups -OCH3 is 2. The summed E-state index contributed by atoms with van der Waals surface area (Å²) in [7, 11) is 3.02.